The number of Topliss-reactive ketones (excluding diaryl/α,β-unsaturated/α-hetero) is 1. The monoisotopic (exact) mass is 317 g/mol. The van der Waals surface area contributed by atoms with Crippen LogP contribution in [0.15, 0.2) is 24.3 Å². The van der Waals surface area contributed by atoms with Gasteiger partial charge >= 0.3 is 0 Å². The van der Waals surface area contributed by atoms with Crippen LogP contribution in [0.5, 0.6) is 5.75 Å². The van der Waals surface area contributed by atoms with Crippen LogP contribution < -0.4 is 0 Å². The number of fused-ring (bicyclic) bond motifs is 1. The molecule has 0 saturated carbocycles. The number of ketones is 1. The van der Waals surface area contributed by atoms with Crippen molar-refractivity contribution in [3.05, 3.63) is 47.2 Å². The van der Waals surface area contributed by atoms with E-state index in [1.54, 1.807) is 12.1 Å². The summed E-state index contributed by atoms with van der Waals surface area (Å²) in [4.78, 5) is 17.0. The maximum Gasteiger partial charge on any atom is 0.187 e. The number of phenolic OH excluding ortho intramolecular Hbond substituents is 1. The lowest BCUT2D eigenvalue weighted by atomic mass is 9.82. The molecule has 0 spiro atoms. The van der Waals surface area contributed by atoms with E-state index in [1.807, 2.05) is 13.8 Å². The third-order valence-corrected chi connectivity index (χ3v) is 4.36. The van der Waals surface area contributed by atoms with E-state index < -0.39 is 22.8 Å². The van der Waals surface area contributed by atoms with Crippen LogP contribution in [0.2, 0.25) is 0 Å². The van der Waals surface area contributed by atoms with Gasteiger partial charge in [0.05, 0.1) is 11.4 Å². The number of carbonyl (C=O) groups is 1. The van der Waals surface area contributed by atoms with Gasteiger partial charge in [0.2, 0.25) is 0 Å². The maximum absolute atomic E-state index is 13.5. The summed E-state index contributed by atoms with van der Waals surface area (Å²) in [5, 5.41) is 9.18. The van der Waals surface area contributed by atoms with E-state index in [-0.39, 0.29) is 11.3 Å². The normalized spacial score (nSPS) is 16.8. The van der Waals surface area contributed by atoms with Crippen molar-refractivity contribution < 1.29 is 18.7 Å². The molecule has 3 rings (SSSR count). The molecular formula is C18H17F2NO2. The molecule has 0 fully saturated rings. The average molecular weight is 317 g/mol. The number of phenols is 1. The molecule has 0 amide bonds. The second kappa shape index (κ2) is 5.41. The van der Waals surface area contributed by atoms with Crippen LogP contribution in [0, 0.1) is 17.0 Å². The van der Waals surface area contributed by atoms with Gasteiger partial charge in [0.1, 0.15) is 0 Å². The highest BCUT2D eigenvalue weighted by Gasteiger charge is 2.32. The molecule has 1 aliphatic carbocycles. The van der Waals surface area contributed by atoms with Crippen LogP contribution in [0.4, 0.5) is 8.78 Å². The van der Waals surface area contributed by atoms with E-state index in [0.717, 1.165) is 25.0 Å². The number of aromatic hydroxyl groups is 1. The Bertz CT molecular complexity index is 777. The molecule has 1 heterocycles. The third kappa shape index (κ3) is 2.71. The molecule has 120 valence electrons. The van der Waals surface area contributed by atoms with Crippen molar-refractivity contribution in [2.75, 3.05) is 0 Å². The van der Waals surface area contributed by atoms with Crippen LogP contribution >= 0.6 is 0 Å². The summed E-state index contributed by atoms with van der Waals surface area (Å²) >= 11 is 0. The van der Waals surface area contributed by atoms with Crippen LogP contribution in [-0.4, -0.2) is 15.9 Å². The number of rotatable bonds is 1. The number of carbonyl (C=O) groups excluding carboxylic acids is 1. The molecule has 2 aromatic rings. The first-order chi connectivity index (χ1) is 10.8. The minimum Gasteiger partial charge on any atom is -0.503 e. The fraction of sp³-hybridized carbons (Fsp3) is 0.333. The van der Waals surface area contributed by atoms with E-state index in [9.17, 15) is 18.7 Å². The van der Waals surface area contributed by atoms with Crippen molar-refractivity contribution in [2.24, 2.45) is 5.41 Å². The van der Waals surface area contributed by atoms with Gasteiger partial charge in [-0.25, -0.2) is 8.78 Å². The van der Waals surface area contributed by atoms with E-state index in [0.29, 0.717) is 23.4 Å². The van der Waals surface area contributed by atoms with Gasteiger partial charge in [-0.3, -0.25) is 9.78 Å². The van der Waals surface area contributed by atoms with Gasteiger partial charge < -0.3 is 5.11 Å². The number of aromatic nitrogens is 1. The van der Waals surface area contributed by atoms with E-state index >= 15 is 0 Å². The number of pyridine rings is 1. The zero-order chi connectivity index (χ0) is 16.8. The highest BCUT2D eigenvalue weighted by molar-refractivity contribution is 6.01. The van der Waals surface area contributed by atoms with Crippen molar-refractivity contribution in [3.8, 4) is 17.0 Å². The summed E-state index contributed by atoms with van der Waals surface area (Å²) in [5.41, 5.74) is 1.43. The minimum absolute atomic E-state index is 0.0483. The first-order valence-corrected chi connectivity index (χ1v) is 7.53. The lowest BCUT2D eigenvalue weighted by Gasteiger charge is -2.20. The second-order valence-corrected chi connectivity index (χ2v) is 6.55. The summed E-state index contributed by atoms with van der Waals surface area (Å²) in [7, 11) is 0. The first-order valence-electron chi connectivity index (χ1n) is 7.53. The smallest absolute Gasteiger partial charge is 0.187 e. The van der Waals surface area contributed by atoms with Crippen molar-refractivity contribution in [3.63, 3.8) is 0 Å². The zero-order valence-corrected chi connectivity index (χ0v) is 13.0. The number of aryl methyl sites for hydroxylation is 1. The summed E-state index contributed by atoms with van der Waals surface area (Å²) in [6.07, 6.45) is 2.27. The van der Waals surface area contributed by atoms with Crippen LogP contribution in [0.25, 0.3) is 11.3 Å². The molecule has 0 aliphatic heterocycles. The zero-order valence-electron chi connectivity index (χ0n) is 13.0. The summed E-state index contributed by atoms with van der Waals surface area (Å²) < 4.78 is 27.0. The van der Waals surface area contributed by atoms with Crippen molar-refractivity contribution in [1.29, 1.82) is 0 Å². The Morgan fingerprint density at radius 3 is 2.48 bits per heavy atom. The van der Waals surface area contributed by atoms with Crippen molar-refractivity contribution >= 4 is 5.78 Å². The maximum atomic E-state index is 13.5. The Morgan fingerprint density at radius 1 is 1.17 bits per heavy atom. The molecule has 23 heavy (non-hydrogen) atoms. The average Bonchev–Trinajstić information content (AvgIpc) is 2.61. The standard InChI is InChI=1S/C18H17F2NO2/c1-18(2)7-3-4-15-11(17(18)23)5-6-14(21-15)10-8-12(19)16(22)13(20)9-10/h5-6,8-9,22H,3-4,7H2,1-2H3. The van der Waals surface area contributed by atoms with Gasteiger partial charge in [0.25, 0.3) is 0 Å². The number of hydrogen-bond acceptors (Lipinski definition) is 3. The minimum atomic E-state index is -1.03. The molecule has 1 N–H and O–H groups in total. The molecular weight excluding hydrogens is 300 g/mol. The Labute approximate surface area is 133 Å². The third-order valence-electron chi connectivity index (χ3n) is 4.36. The summed E-state index contributed by atoms with van der Waals surface area (Å²) in [6.45, 7) is 3.84. The molecule has 0 unspecified atom stereocenters. The lowest BCUT2D eigenvalue weighted by Crippen LogP contribution is -2.23. The molecule has 0 atom stereocenters. The van der Waals surface area contributed by atoms with E-state index in [4.69, 9.17) is 0 Å². The van der Waals surface area contributed by atoms with Crippen LogP contribution in [0.3, 0.4) is 0 Å². The van der Waals surface area contributed by atoms with Crippen molar-refractivity contribution in [2.45, 2.75) is 33.1 Å². The number of nitrogens with zero attached hydrogens (tertiary/aromatic N) is 1. The number of benzene rings is 1. The molecule has 5 heteroatoms. The first kappa shape index (κ1) is 15.6. The quantitative estimate of drug-likeness (QED) is 0.799. The Morgan fingerprint density at radius 2 is 1.83 bits per heavy atom. The molecule has 0 radical (unpaired) electrons. The molecule has 3 nitrogen and oxygen atoms in total. The van der Waals surface area contributed by atoms with Crippen molar-refractivity contribution in [1.82, 2.24) is 4.98 Å². The van der Waals surface area contributed by atoms with Crippen LogP contribution in [-0.2, 0) is 6.42 Å². The molecule has 0 bridgehead atoms. The number of halogens is 2. The Hall–Kier alpha value is -2.30. The van der Waals surface area contributed by atoms with Gasteiger partial charge in [0, 0.05) is 16.5 Å². The van der Waals surface area contributed by atoms with Crippen LogP contribution in [0.1, 0.15) is 42.7 Å². The van der Waals surface area contributed by atoms with E-state index in [1.165, 1.54) is 0 Å². The summed E-state index contributed by atoms with van der Waals surface area (Å²) in [5.74, 6) is -3.02. The largest absolute Gasteiger partial charge is 0.503 e. The fourth-order valence-corrected chi connectivity index (χ4v) is 2.95. The Kier molecular flexibility index (Phi) is 3.66. The fourth-order valence-electron chi connectivity index (χ4n) is 2.95. The second-order valence-electron chi connectivity index (χ2n) is 6.55. The SMILES string of the molecule is CC1(C)CCCc2nc(-c3cc(F)c(O)c(F)c3)ccc2C1=O. The topological polar surface area (TPSA) is 50.2 Å². The number of hydrogen-bond donors (Lipinski definition) is 1. The van der Waals surface area contributed by atoms with Gasteiger partial charge in [0.15, 0.2) is 23.2 Å². The van der Waals surface area contributed by atoms with Gasteiger partial charge in [-0.05, 0) is 43.5 Å². The highest BCUT2D eigenvalue weighted by Crippen LogP contribution is 2.34. The predicted octanol–water partition coefficient (Wildman–Crippen LogP) is 4.28. The van der Waals surface area contributed by atoms with E-state index in [2.05, 4.69) is 4.98 Å². The van der Waals surface area contributed by atoms with Gasteiger partial charge in [-0.2, -0.15) is 0 Å². The highest BCUT2D eigenvalue weighted by atomic mass is 19.1. The predicted molar refractivity (Wildman–Crippen MR) is 82.3 cm³/mol. The molecule has 1 aromatic heterocycles. The molecule has 1 aromatic carbocycles. The Balaban J connectivity index is 2.09. The summed E-state index contributed by atoms with van der Waals surface area (Å²) in [6, 6.07) is 5.34. The molecule has 1 aliphatic rings. The molecule has 0 saturated heterocycles. The van der Waals surface area contributed by atoms with Gasteiger partial charge in [-0.1, -0.05) is 13.8 Å². The van der Waals surface area contributed by atoms with Gasteiger partial charge in [-0.15, -0.1) is 0 Å². The lowest BCUT2D eigenvalue weighted by molar-refractivity contribution is 0.0830.